The second-order valence-electron chi connectivity index (χ2n) is 3.69. The average Bonchev–Trinajstić information content (AvgIpc) is 2.40. The van der Waals surface area contributed by atoms with E-state index in [0.717, 1.165) is 11.3 Å². The summed E-state index contributed by atoms with van der Waals surface area (Å²) >= 11 is 0. The van der Waals surface area contributed by atoms with Gasteiger partial charge in [0.05, 0.1) is 5.69 Å². The van der Waals surface area contributed by atoms with Gasteiger partial charge in [0.2, 0.25) is 5.88 Å². The van der Waals surface area contributed by atoms with Crippen LogP contribution in [0.15, 0.2) is 42.7 Å². The molecule has 17 heavy (non-hydrogen) atoms. The number of rotatable bonds is 4. The molecule has 2 heterocycles. The van der Waals surface area contributed by atoms with Crippen LogP contribution >= 0.6 is 0 Å². The fraction of sp³-hybridized carbons (Fsp3) is 0.231. The first-order chi connectivity index (χ1) is 8.31. The summed E-state index contributed by atoms with van der Waals surface area (Å²) in [5, 5.41) is 0. The molecule has 4 nitrogen and oxygen atoms in total. The van der Waals surface area contributed by atoms with Crippen molar-refractivity contribution in [2.75, 3.05) is 0 Å². The molecule has 0 fully saturated rings. The van der Waals surface area contributed by atoms with E-state index in [1.165, 1.54) is 0 Å². The topological polar surface area (TPSA) is 61.0 Å². The van der Waals surface area contributed by atoms with Crippen molar-refractivity contribution >= 4 is 0 Å². The fourth-order valence-corrected chi connectivity index (χ4v) is 1.53. The van der Waals surface area contributed by atoms with Crippen LogP contribution in [-0.2, 0) is 6.54 Å². The predicted octanol–water partition coefficient (Wildman–Crippen LogP) is 2.08. The molecule has 0 aliphatic carbocycles. The largest absolute Gasteiger partial charge is 0.468 e. The third kappa shape index (κ3) is 2.79. The van der Waals surface area contributed by atoms with Gasteiger partial charge in [-0.1, -0.05) is 12.1 Å². The first kappa shape index (κ1) is 11.5. The van der Waals surface area contributed by atoms with Crippen molar-refractivity contribution in [2.24, 2.45) is 5.73 Å². The third-order valence-corrected chi connectivity index (χ3v) is 2.46. The van der Waals surface area contributed by atoms with Gasteiger partial charge in [0.25, 0.3) is 0 Å². The molecule has 0 saturated carbocycles. The summed E-state index contributed by atoms with van der Waals surface area (Å²) in [5.74, 6) is 0.577. The summed E-state index contributed by atoms with van der Waals surface area (Å²) in [7, 11) is 0. The summed E-state index contributed by atoms with van der Waals surface area (Å²) < 4.78 is 5.77. The predicted molar refractivity (Wildman–Crippen MR) is 65.4 cm³/mol. The molecular formula is C13H15N3O. The Kier molecular flexibility index (Phi) is 3.67. The van der Waals surface area contributed by atoms with Crippen molar-refractivity contribution in [2.45, 2.75) is 19.6 Å². The van der Waals surface area contributed by atoms with Crippen molar-refractivity contribution in [3.05, 3.63) is 54.0 Å². The van der Waals surface area contributed by atoms with Crippen molar-refractivity contribution in [1.29, 1.82) is 0 Å². The SMILES string of the molecule is CC(Oc1ncccc1CN)c1ccccn1. The van der Waals surface area contributed by atoms with E-state index in [9.17, 15) is 0 Å². The Bertz CT molecular complexity index is 473. The van der Waals surface area contributed by atoms with Gasteiger partial charge in [-0.15, -0.1) is 0 Å². The molecule has 0 amide bonds. The van der Waals surface area contributed by atoms with Crippen LogP contribution in [0.1, 0.15) is 24.3 Å². The van der Waals surface area contributed by atoms with Gasteiger partial charge in [0.15, 0.2) is 0 Å². The lowest BCUT2D eigenvalue weighted by atomic mass is 10.2. The van der Waals surface area contributed by atoms with Gasteiger partial charge in [0.1, 0.15) is 6.10 Å². The first-order valence-corrected chi connectivity index (χ1v) is 5.53. The molecule has 0 aromatic carbocycles. The van der Waals surface area contributed by atoms with E-state index >= 15 is 0 Å². The molecule has 0 bridgehead atoms. The van der Waals surface area contributed by atoms with Crippen LogP contribution in [0.5, 0.6) is 5.88 Å². The zero-order valence-electron chi connectivity index (χ0n) is 9.71. The zero-order valence-corrected chi connectivity index (χ0v) is 9.71. The highest BCUT2D eigenvalue weighted by Gasteiger charge is 2.11. The third-order valence-electron chi connectivity index (χ3n) is 2.46. The zero-order chi connectivity index (χ0) is 12.1. The molecule has 2 aromatic rings. The maximum Gasteiger partial charge on any atom is 0.218 e. The van der Waals surface area contributed by atoms with E-state index in [1.807, 2.05) is 37.3 Å². The van der Waals surface area contributed by atoms with Crippen LogP contribution in [0.2, 0.25) is 0 Å². The molecule has 2 rings (SSSR count). The lowest BCUT2D eigenvalue weighted by Gasteiger charge is -2.15. The van der Waals surface area contributed by atoms with Crippen molar-refractivity contribution in [3.8, 4) is 5.88 Å². The van der Waals surface area contributed by atoms with Gasteiger partial charge >= 0.3 is 0 Å². The van der Waals surface area contributed by atoms with Gasteiger partial charge < -0.3 is 10.5 Å². The number of nitrogens with zero attached hydrogens (tertiary/aromatic N) is 2. The highest BCUT2D eigenvalue weighted by molar-refractivity contribution is 5.25. The van der Waals surface area contributed by atoms with Crippen LogP contribution in [0.25, 0.3) is 0 Å². The van der Waals surface area contributed by atoms with Crippen LogP contribution in [-0.4, -0.2) is 9.97 Å². The molecular weight excluding hydrogens is 214 g/mol. The average molecular weight is 229 g/mol. The van der Waals surface area contributed by atoms with Gasteiger partial charge in [-0.25, -0.2) is 4.98 Å². The minimum Gasteiger partial charge on any atom is -0.468 e. The van der Waals surface area contributed by atoms with Crippen LogP contribution in [0.4, 0.5) is 0 Å². The van der Waals surface area contributed by atoms with Crippen molar-refractivity contribution in [3.63, 3.8) is 0 Å². The standard InChI is InChI=1S/C13H15N3O/c1-10(12-6-2-3-7-15-12)17-13-11(9-14)5-4-8-16-13/h2-8,10H,9,14H2,1H3. The second-order valence-corrected chi connectivity index (χ2v) is 3.69. The Morgan fingerprint density at radius 1 is 1.18 bits per heavy atom. The lowest BCUT2D eigenvalue weighted by Crippen LogP contribution is -2.09. The summed E-state index contributed by atoms with van der Waals surface area (Å²) in [6, 6.07) is 9.50. The first-order valence-electron chi connectivity index (χ1n) is 5.53. The molecule has 2 N–H and O–H groups in total. The van der Waals surface area contributed by atoms with Gasteiger partial charge in [0, 0.05) is 24.5 Å². The Labute approximate surface area is 100 Å². The van der Waals surface area contributed by atoms with E-state index < -0.39 is 0 Å². The fourth-order valence-electron chi connectivity index (χ4n) is 1.53. The van der Waals surface area contributed by atoms with Crippen molar-refractivity contribution in [1.82, 2.24) is 9.97 Å². The Morgan fingerprint density at radius 2 is 2.00 bits per heavy atom. The normalized spacial score (nSPS) is 12.1. The quantitative estimate of drug-likeness (QED) is 0.871. The molecule has 2 aromatic heterocycles. The van der Waals surface area contributed by atoms with Crippen LogP contribution in [0, 0.1) is 0 Å². The number of hydrogen-bond donors (Lipinski definition) is 1. The molecule has 1 unspecified atom stereocenters. The van der Waals surface area contributed by atoms with E-state index in [4.69, 9.17) is 10.5 Å². The van der Waals surface area contributed by atoms with Gasteiger partial charge in [-0.2, -0.15) is 0 Å². The van der Waals surface area contributed by atoms with E-state index in [2.05, 4.69) is 9.97 Å². The second kappa shape index (κ2) is 5.41. The number of hydrogen-bond acceptors (Lipinski definition) is 4. The molecule has 0 saturated heterocycles. The summed E-state index contributed by atoms with van der Waals surface area (Å²) in [5.41, 5.74) is 7.40. The molecule has 88 valence electrons. The highest BCUT2D eigenvalue weighted by Crippen LogP contribution is 2.21. The number of aromatic nitrogens is 2. The Hall–Kier alpha value is -1.94. The summed E-state index contributed by atoms with van der Waals surface area (Å²) in [6.07, 6.45) is 3.30. The van der Waals surface area contributed by atoms with Gasteiger partial charge in [-0.05, 0) is 25.1 Å². The molecule has 0 spiro atoms. The van der Waals surface area contributed by atoms with Crippen LogP contribution < -0.4 is 10.5 Å². The molecule has 0 aliphatic rings. The number of ether oxygens (including phenoxy) is 1. The lowest BCUT2D eigenvalue weighted by molar-refractivity contribution is 0.210. The minimum atomic E-state index is -0.142. The maximum atomic E-state index is 5.77. The molecule has 4 heteroatoms. The number of nitrogens with two attached hydrogens (primary N) is 1. The van der Waals surface area contributed by atoms with E-state index in [-0.39, 0.29) is 6.10 Å². The van der Waals surface area contributed by atoms with Crippen LogP contribution in [0.3, 0.4) is 0 Å². The maximum absolute atomic E-state index is 5.77. The molecule has 0 aliphatic heterocycles. The van der Waals surface area contributed by atoms with Crippen molar-refractivity contribution < 1.29 is 4.74 Å². The minimum absolute atomic E-state index is 0.142. The molecule has 0 radical (unpaired) electrons. The summed E-state index contributed by atoms with van der Waals surface area (Å²) in [4.78, 5) is 8.43. The number of pyridine rings is 2. The van der Waals surface area contributed by atoms with E-state index in [0.29, 0.717) is 12.4 Å². The van der Waals surface area contributed by atoms with Gasteiger partial charge in [-0.3, -0.25) is 4.98 Å². The molecule has 1 atom stereocenters. The van der Waals surface area contributed by atoms with E-state index in [1.54, 1.807) is 12.4 Å². The monoisotopic (exact) mass is 229 g/mol. The highest BCUT2D eigenvalue weighted by atomic mass is 16.5. The Balaban J connectivity index is 2.16. The smallest absolute Gasteiger partial charge is 0.218 e. The summed E-state index contributed by atoms with van der Waals surface area (Å²) in [6.45, 7) is 2.36. The Morgan fingerprint density at radius 3 is 2.71 bits per heavy atom.